The molecule has 20 heavy (non-hydrogen) atoms. The van der Waals surface area contributed by atoms with Gasteiger partial charge in [-0.15, -0.1) is 0 Å². The van der Waals surface area contributed by atoms with E-state index in [-0.39, 0.29) is 12.0 Å². The van der Waals surface area contributed by atoms with E-state index < -0.39 is 0 Å². The number of carbonyl (C=O) groups excluding carboxylic acids is 1. The van der Waals surface area contributed by atoms with E-state index in [1.54, 1.807) is 6.92 Å². The molecule has 1 unspecified atom stereocenters. The van der Waals surface area contributed by atoms with Crippen LogP contribution in [0.1, 0.15) is 66.7 Å². The van der Waals surface area contributed by atoms with Gasteiger partial charge in [-0.1, -0.05) is 47.0 Å². The maximum absolute atomic E-state index is 11.1. The summed E-state index contributed by atoms with van der Waals surface area (Å²) in [6.07, 6.45) is 6.13. The Morgan fingerprint density at radius 2 is 1.85 bits per heavy atom. The molecule has 1 saturated heterocycles. The monoisotopic (exact) mass is 288 g/mol. The summed E-state index contributed by atoms with van der Waals surface area (Å²) in [6.45, 7) is 13.0. The first-order chi connectivity index (χ1) is 9.65. The number of unbranched alkanes of at least 4 members (excludes halogenated alkanes) is 2. The second kappa shape index (κ2) is 16.4. The Balaban J connectivity index is 0. The van der Waals surface area contributed by atoms with Gasteiger partial charge in [-0.3, -0.25) is 4.79 Å². The SMILES string of the molecule is CC.CCCCC1CN(C(C)=O)CCO1.CCCCN. The fourth-order valence-electron chi connectivity index (χ4n) is 1.82. The molecule has 2 N–H and O–H groups in total. The van der Waals surface area contributed by atoms with Crippen LogP contribution in [0.15, 0.2) is 0 Å². The molecule has 1 atom stereocenters. The van der Waals surface area contributed by atoms with E-state index in [2.05, 4.69) is 13.8 Å². The second-order valence-electron chi connectivity index (χ2n) is 4.74. The Kier molecular flexibility index (Phi) is 17.8. The zero-order valence-corrected chi connectivity index (χ0v) is 14.3. The molecular formula is C16H36N2O2. The summed E-state index contributed by atoms with van der Waals surface area (Å²) in [7, 11) is 0. The lowest BCUT2D eigenvalue weighted by atomic mass is 10.1. The van der Waals surface area contributed by atoms with Crippen LogP contribution in [0.5, 0.6) is 0 Å². The summed E-state index contributed by atoms with van der Waals surface area (Å²) in [5.74, 6) is 0.171. The van der Waals surface area contributed by atoms with Crippen molar-refractivity contribution in [3.8, 4) is 0 Å². The molecule has 0 aliphatic carbocycles. The van der Waals surface area contributed by atoms with E-state index in [9.17, 15) is 4.79 Å². The highest BCUT2D eigenvalue weighted by atomic mass is 16.5. The van der Waals surface area contributed by atoms with Gasteiger partial charge in [0.25, 0.3) is 0 Å². The third-order valence-corrected chi connectivity index (χ3v) is 3.02. The molecule has 1 rings (SSSR count). The number of nitrogens with two attached hydrogens (primary N) is 1. The van der Waals surface area contributed by atoms with Crippen molar-refractivity contribution >= 4 is 5.91 Å². The number of morpholine rings is 1. The van der Waals surface area contributed by atoms with Crippen LogP contribution < -0.4 is 5.73 Å². The minimum atomic E-state index is 0.171. The quantitative estimate of drug-likeness (QED) is 0.845. The van der Waals surface area contributed by atoms with Gasteiger partial charge >= 0.3 is 0 Å². The third-order valence-electron chi connectivity index (χ3n) is 3.02. The van der Waals surface area contributed by atoms with Crippen molar-refractivity contribution in [3.05, 3.63) is 0 Å². The van der Waals surface area contributed by atoms with Crippen molar-refractivity contribution in [2.24, 2.45) is 5.73 Å². The molecule has 1 heterocycles. The Bertz CT molecular complexity index is 209. The number of amides is 1. The summed E-state index contributed by atoms with van der Waals surface area (Å²) in [5, 5.41) is 0. The highest BCUT2D eigenvalue weighted by Gasteiger charge is 2.21. The third kappa shape index (κ3) is 12.4. The van der Waals surface area contributed by atoms with Crippen molar-refractivity contribution in [2.75, 3.05) is 26.2 Å². The maximum Gasteiger partial charge on any atom is 0.219 e. The number of carbonyl (C=O) groups is 1. The molecule has 1 amide bonds. The van der Waals surface area contributed by atoms with Crippen LogP contribution in [0.2, 0.25) is 0 Å². The van der Waals surface area contributed by atoms with Crippen LogP contribution in [-0.4, -0.2) is 43.2 Å². The van der Waals surface area contributed by atoms with E-state index in [1.807, 2.05) is 18.7 Å². The predicted molar refractivity (Wildman–Crippen MR) is 86.8 cm³/mol. The fraction of sp³-hybridized carbons (Fsp3) is 0.938. The van der Waals surface area contributed by atoms with Gasteiger partial charge in [-0.05, 0) is 19.4 Å². The smallest absolute Gasteiger partial charge is 0.219 e. The normalized spacial score (nSPS) is 17.5. The van der Waals surface area contributed by atoms with Gasteiger partial charge in [0.1, 0.15) is 0 Å². The molecule has 1 fully saturated rings. The van der Waals surface area contributed by atoms with Crippen LogP contribution in [0.3, 0.4) is 0 Å². The lowest BCUT2D eigenvalue weighted by Gasteiger charge is -2.32. The highest BCUT2D eigenvalue weighted by molar-refractivity contribution is 5.73. The van der Waals surface area contributed by atoms with Crippen LogP contribution >= 0.6 is 0 Å². The lowest BCUT2D eigenvalue weighted by Crippen LogP contribution is -2.44. The largest absolute Gasteiger partial charge is 0.375 e. The van der Waals surface area contributed by atoms with Gasteiger partial charge in [0, 0.05) is 20.0 Å². The molecule has 4 nitrogen and oxygen atoms in total. The van der Waals surface area contributed by atoms with Crippen molar-refractivity contribution < 1.29 is 9.53 Å². The molecule has 0 aromatic rings. The highest BCUT2D eigenvalue weighted by Crippen LogP contribution is 2.11. The Morgan fingerprint density at radius 1 is 1.25 bits per heavy atom. The molecule has 0 aromatic carbocycles. The standard InChI is InChI=1S/C10H19NO2.C4H11N.C2H6/c1-3-4-5-10-8-11(9(2)12)6-7-13-10;1-2-3-4-5;1-2/h10H,3-8H2,1-2H3;2-5H2,1H3;1-2H3. The first-order valence-electron chi connectivity index (χ1n) is 8.22. The van der Waals surface area contributed by atoms with E-state index in [0.717, 1.165) is 26.1 Å². The number of hydrogen-bond acceptors (Lipinski definition) is 3. The molecule has 1 aliphatic heterocycles. The van der Waals surface area contributed by atoms with E-state index in [4.69, 9.17) is 10.5 Å². The van der Waals surface area contributed by atoms with Gasteiger partial charge in [-0.25, -0.2) is 0 Å². The lowest BCUT2D eigenvalue weighted by molar-refractivity contribution is -0.136. The zero-order valence-electron chi connectivity index (χ0n) is 14.3. The summed E-state index contributed by atoms with van der Waals surface area (Å²) >= 11 is 0. The minimum absolute atomic E-state index is 0.171. The first-order valence-corrected chi connectivity index (χ1v) is 8.22. The minimum Gasteiger partial charge on any atom is -0.375 e. The van der Waals surface area contributed by atoms with Gasteiger partial charge < -0.3 is 15.4 Å². The van der Waals surface area contributed by atoms with Crippen molar-refractivity contribution in [1.29, 1.82) is 0 Å². The number of ether oxygens (including phenoxy) is 1. The molecule has 0 aromatic heterocycles. The van der Waals surface area contributed by atoms with Crippen molar-refractivity contribution in [3.63, 3.8) is 0 Å². The Labute approximate surface area is 126 Å². The molecule has 4 heteroatoms. The molecule has 0 bridgehead atoms. The molecular weight excluding hydrogens is 252 g/mol. The van der Waals surface area contributed by atoms with Gasteiger partial charge in [0.05, 0.1) is 12.7 Å². The Morgan fingerprint density at radius 3 is 2.25 bits per heavy atom. The fourth-order valence-corrected chi connectivity index (χ4v) is 1.82. The van der Waals surface area contributed by atoms with E-state index >= 15 is 0 Å². The molecule has 1 aliphatic rings. The molecule has 0 saturated carbocycles. The van der Waals surface area contributed by atoms with Crippen molar-refractivity contribution in [1.82, 2.24) is 4.90 Å². The number of rotatable bonds is 5. The predicted octanol–water partition coefficient (Wildman–Crippen LogP) is 3.20. The average Bonchev–Trinajstić information content (AvgIpc) is 2.49. The molecule has 0 radical (unpaired) electrons. The average molecular weight is 288 g/mol. The summed E-state index contributed by atoms with van der Waals surface area (Å²) in [6, 6.07) is 0. The molecule has 122 valence electrons. The maximum atomic E-state index is 11.1. The Hall–Kier alpha value is -0.610. The summed E-state index contributed by atoms with van der Waals surface area (Å²) in [4.78, 5) is 13.0. The van der Waals surface area contributed by atoms with Crippen molar-refractivity contribution in [2.45, 2.75) is 72.8 Å². The van der Waals surface area contributed by atoms with Gasteiger partial charge in [0.2, 0.25) is 5.91 Å². The van der Waals surface area contributed by atoms with Crippen LogP contribution in [0.4, 0.5) is 0 Å². The molecule has 0 spiro atoms. The van der Waals surface area contributed by atoms with E-state index in [1.165, 1.54) is 25.7 Å². The van der Waals surface area contributed by atoms with Gasteiger partial charge in [-0.2, -0.15) is 0 Å². The summed E-state index contributed by atoms with van der Waals surface area (Å²) in [5.41, 5.74) is 5.14. The second-order valence-corrected chi connectivity index (χ2v) is 4.74. The number of nitrogens with zero attached hydrogens (tertiary/aromatic N) is 1. The zero-order chi connectivity index (χ0) is 15.8. The topological polar surface area (TPSA) is 55.6 Å². The summed E-state index contributed by atoms with van der Waals surface area (Å²) < 4.78 is 5.57. The van der Waals surface area contributed by atoms with Crippen LogP contribution in [0.25, 0.3) is 0 Å². The van der Waals surface area contributed by atoms with Crippen LogP contribution in [-0.2, 0) is 9.53 Å². The first kappa shape index (κ1) is 21.7. The van der Waals surface area contributed by atoms with Crippen LogP contribution in [0, 0.1) is 0 Å². The van der Waals surface area contributed by atoms with Gasteiger partial charge in [0.15, 0.2) is 0 Å². The number of hydrogen-bond donors (Lipinski definition) is 1. The van der Waals surface area contributed by atoms with E-state index in [0.29, 0.717) is 6.61 Å².